The van der Waals surface area contributed by atoms with Crippen molar-refractivity contribution in [1.29, 1.82) is 0 Å². The molecule has 0 atom stereocenters. The van der Waals surface area contributed by atoms with E-state index >= 15 is 0 Å². The Hall–Kier alpha value is -2.14. The van der Waals surface area contributed by atoms with Gasteiger partial charge in [-0.1, -0.05) is 12.2 Å². The van der Waals surface area contributed by atoms with Crippen LogP contribution in [0.1, 0.15) is 12.5 Å². The van der Waals surface area contributed by atoms with Crippen LogP contribution in [-0.2, 0) is 0 Å². The number of thiocarbonyl (C=S) groups is 1. The molecule has 2 N–H and O–H groups in total. The maximum absolute atomic E-state index is 5.67. The topological polar surface area (TPSA) is 57.4 Å². The number of aromatic nitrogens is 1. The molecule has 98 valence electrons. The maximum atomic E-state index is 5.67. The Morgan fingerprint density at radius 2 is 1.89 bits per heavy atom. The summed E-state index contributed by atoms with van der Waals surface area (Å²) in [5.74, 6) is 1.85. The van der Waals surface area contributed by atoms with Gasteiger partial charge in [0.1, 0.15) is 16.5 Å². The van der Waals surface area contributed by atoms with Gasteiger partial charge in [-0.2, -0.15) is 0 Å². The van der Waals surface area contributed by atoms with Crippen molar-refractivity contribution >= 4 is 17.2 Å². The lowest BCUT2D eigenvalue weighted by Gasteiger charge is -2.09. The van der Waals surface area contributed by atoms with Gasteiger partial charge in [0.15, 0.2) is 0 Å². The van der Waals surface area contributed by atoms with E-state index in [1.54, 1.807) is 18.3 Å². The minimum Gasteiger partial charge on any atom is -0.494 e. The first-order valence-corrected chi connectivity index (χ1v) is 6.27. The number of hydrogen-bond acceptors (Lipinski definition) is 4. The zero-order valence-electron chi connectivity index (χ0n) is 10.5. The number of nitrogens with zero attached hydrogens (tertiary/aromatic N) is 1. The molecule has 2 aromatic rings. The third-order valence-corrected chi connectivity index (χ3v) is 2.61. The van der Waals surface area contributed by atoms with Crippen molar-refractivity contribution in [1.82, 2.24) is 4.98 Å². The zero-order valence-corrected chi connectivity index (χ0v) is 11.3. The Morgan fingerprint density at radius 1 is 1.21 bits per heavy atom. The summed E-state index contributed by atoms with van der Waals surface area (Å²) >= 11 is 4.96. The predicted molar refractivity (Wildman–Crippen MR) is 77.8 cm³/mol. The molecule has 1 aromatic heterocycles. The van der Waals surface area contributed by atoms with Crippen molar-refractivity contribution < 1.29 is 9.47 Å². The SMILES string of the molecule is CCOc1ccc(Oc2ncccc2C(N)=S)cc1. The first kappa shape index (κ1) is 13.3. The van der Waals surface area contributed by atoms with Crippen LogP contribution in [0.15, 0.2) is 42.6 Å². The van der Waals surface area contributed by atoms with Crippen molar-refractivity contribution in [3.63, 3.8) is 0 Å². The van der Waals surface area contributed by atoms with Gasteiger partial charge in [0.25, 0.3) is 0 Å². The summed E-state index contributed by atoms with van der Waals surface area (Å²) in [6, 6.07) is 10.8. The monoisotopic (exact) mass is 274 g/mol. The molecule has 0 radical (unpaired) electrons. The Kier molecular flexibility index (Phi) is 4.30. The molecular formula is C14H14N2O2S. The van der Waals surface area contributed by atoms with E-state index in [0.29, 0.717) is 23.8 Å². The molecule has 2 rings (SSSR count). The second kappa shape index (κ2) is 6.15. The molecule has 0 aliphatic heterocycles. The van der Waals surface area contributed by atoms with E-state index in [1.807, 2.05) is 31.2 Å². The molecule has 5 heteroatoms. The van der Waals surface area contributed by atoms with Gasteiger partial charge in [0.05, 0.1) is 12.2 Å². The molecule has 0 saturated carbocycles. The number of pyridine rings is 1. The Bertz CT molecular complexity index is 570. The predicted octanol–water partition coefficient (Wildman–Crippen LogP) is 2.91. The molecule has 0 bridgehead atoms. The van der Waals surface area contributed by atoms with Crippen LogP contribution in [0.25, 0.3) is 0 Å². The highest BCUT2D eigenvalue weighted by Gasteiger charge is 2.08. The van der Waals surface area contributed by atoms with Gasteiger partial charge in [-0.25, -0.2) is 4.98 Å². The molecule has 0 unspecified atom stereocenters. The molecule has 0 spiro atoms. The molecule has 4 nitrogen and oxygen atoms in total. The number of ether oxygens (including phenoxy) is 2. The fraction of sp³-hybridized carbons (Fsp3) is 0.143. The number of rotatable bonds is 5. The average Bonchev–Trinajstić information content (AvgIpc) is 2.42. The summed E-state index contributed by atoms with van der Waals surface area (Å²) in [5, 5.41) is 0. The van der Waals surface area contributed by atoms with Crippen molar-refractivity contribution in [3.05, 3.63) is 48.2 Å². The lowest BCUT2D eigenvalue weighted by atomic mass is 10.2. The quantitative estimate of drug-likeness (QED) is 0.850. The fourth-order valence-electron chi connectivity index (χ4n) is 1.54. The molecule has 0 aliphatic carbocycles. The molecular weight excluding hydrogens is 260 g/mol. The lowest BCUT2D eigenvalue weighted by molar-refractivity contribution is 0.339. The Morgan fingerprint density at radius 3 is 2.53 bits per heavy atom. The summed E-state index contributed by atoms with van der Waals surface area (Å²) in [6.45, 7) is 2.57. The highest BCUT2D eigenvalue weighted by Crippen LogP contribution is 2.24. The number of benzene rings is 1. The van der Waals surface area contributed by atoms with Gasteiger partial charge in [-0.05, 0) is 43.3 Å². The van der Waals surface area contributed by atoms with Crippen LogP contribution in [0.2, 0.25) is 0 Å². The first-order valence-electron chi connectivity index (χ1n) is 5.86. The number of nitrogens with two attached hydrogens (primary N) is 1. The van der Waals surface area contributed by atoms with Gasteiger partial charge in [0, 0.05) is 6.20 Å². The van der Waals surface area contributed by atoms with E-state index < -0.39 is 0 Å². The second-order valence-electron chi connectivity index (χ2n) is 3.73. The Labute approximate surface area is 117 Å². The van der Waals surface area contributed by atoms with Crippen molar-refractivity contribution in [3.8, 4) is 17.4 Å². The van der Waals surface area contributed by atoms with Crippen LogP contribution >= 0.6 is 12.2 Å². The fourth-order valence-corrected chi connectivity index (χ4v) is 1.70. The average molecular weight is 274 g/mol. The summed E-state index contributed by atoms with van der Waals surface area (Å²) in [6.07, 6.45) is 1.63. The smallest absolute Gasteiger partial charge is 0.229 e. The molecule has 1 heterocycles. The Balaban J connectivity index is 2.19. The van der Waals surface area contributed by atoms with Crippen molar-refractivity contribution in [2.45, 2.75) is 6.92 Å². The molecule has 0 aliphatic rings. The summed E-state index contributed by atoms with van der Waals surface area (Å²) in [7, 11) is 0. The summed E-state index contributed by atoms with van der Waals surface area (Å²) in [4.78, 5) is 4.39. The van der Waals surface area contributed by atoms with Gasteiger partial charge < -0.3 is 15.2 Å². The largest absolute Gasteiger partial charge is 0.494 e. The highest BCUT2D eigenvalue weighted by molar-refractivity contribution is 7.80. The van der Waals surface area contributed by atoms with Gasteiger partial charge in [-0.3, -0.25) is 0 Å². The molecule has 0 saturated heterocycles. The van der Waals surface area contributed by atoms with E-state index in [1.165, 1.54) is 0 Å². The lowest BCUT2D eigenvalue weighted by Crippen LogP contribution is -2.11. The minimum atomic E-state index is 0.258. The normalized spacial score (nSPS) is 9.95. The maximum Gasteiger partial charge on any atom is 0.229 e. The van der Waals surface area contributed by atoms with Gasteiger partial charge in [-0.15, -0.1) is 0 Å². The van der Waals surface area contributed by atoms with Crippen LogP contribution in [0.3, 0.4) is 0 Å². The second-order valence-corrected chi connectivity index (χ2v) is 4.17. The highest BCUT2D eigenvalue weighted by atomic mass is 32.1. The van der Waals surface area contributed by atoms with E-state index in [2.05, 4.69) is 4.98 Å². The van der Waals surface area contributed by atoms with Gasteiger partial charge >= 0.3 is 0 Å². The zero-order chi connectivity index (χ0) is 13.7. The molecule has 0 fully saturated rings. The van der Waals surface area contributed by atoms with E-state index in [9.17, 15) is 0 Å². The van der Waals surface area contributed by atoms with Crippen molar-refractivity contribution in [2.24, 2.45) is 5.73 Å². The first-order chi connectivity index (χ1) is 9.20. The standard InChI is InChI=1S/C14H14N2O2S/c1-2-17-10-5-7-11(8-6-10)18-14-12(13(15)19)4-3-9-16-14/h3-9H,2H2,1H3,(H2,15,19). The number of hydrogen-bond donors (Lipinski definition) is 1. The third kappa shape index (κ3) is 3.42. The van der Waals surface area contributed by atoms with Crippen LogP contribution in [0.4, 0.5) is 0 Å². The van der Waals surface area contributed by atoms with Crippen LogP contribution < -0.4 is 15.2 Å². The molecule has 19 heavy (non-hydrogen) atoms. The van der Waals surface area contributed by atoms with E-state index in [4.69, 9.17) is 27.4 Å². The van der Waals surface area contributed by atoms with Crippen LogP contribution in [0, 0.1) is 0 Å². The van der Waals surface area contributed by atoms with E-state index in [-0.39, 0.29) is 4.99 Å². The summed E-state index contributed by atoms with van der Waals surface area (Å²) in [5.41, 5.74) is 6.24. The van der Waals surface area contributed by atoms with Gasteiger partial charge in [0.2, 0.25) is 5.88 Å². The van der Waals surface area contributed by atoms with Crippen LogP contribution in [-0.4, -0.2) is 16.6 Å². The summed E-state index contributed by atoms with van der Waals surface area (Å²) < 4.78 is 11.0. The molecule has 1 aromatic carbocycles. The van der Waals surface area contributed by atoms with E-state index in [0.717, 1.165) is 5.75 Å². The van der Waals surface area contributed by atoms with Crippen molar-refractivity contribution in [2.75, 3.05) is 6.61 Å². The minimum absolute atomic E-state index is 0.258. The van der Waals surface area contributed by atoms with Crippen LogP contribution in [0.5, 0.6) is 17.4 Å². The third-order valence-electron chi connectivity index (χ3n) is 2.39. The molecule has 0 amide bonds.